The number of sulfone groups is 1. The molecule has 1 aliphatic heterocycles. The van der Waals surface area contributed by atoms with Crippen molar-refractivity contribution in [2.24, 2.45) is 5.73 Å². The first kappa shape index (κ1) is 26.3. The van der Waals surface area contributed by atoms with E-state index in [0.29, 0.717) is 34.9 Å². The molecule has 0 amide bonds. The Morgan fingerprint density at radius 2 is 1.95 bits per heavy atom. The smallest absolute Gasteiger partial charge is 0.340 e. The zero-order valence-electron chi connectivity index (χ0n) is 22.2. The molecule has 3 aromatic heterocycles. The van der Waals surface area contributed by atoms with Crippen molar-refractivity contribution in [3.8, 4) is 5.88 Å². The number of carbonyl (C=O) groups excluding carboxylic acids is 1. The molecule has 1 fully saturated rings. The Kier molecular flexibility index (Phi) is 6.34. The predicted molar refractivity (Wildman–Crippen MR) is 144 cm³/mol. The van der Waals surface area contributed by atoms with Crippen LogP contribution in [0.2, 0.25) is 0 Å². The van der Waals surface area contributed by atoms with Crippen molar-refractivity contribution in [2.75, 3.05) is 17.3 Å². The molecule has 1 spiro atoms. The summed E-state index contributed by atoms with van der Waals surface area (Å²) >= 11 is 0. The van der Waals surface area contributed by atoms with Crippen molar-refractivity contribution in [1.82, 2.24) is 15.0 Å². The van der Waals surface area contributed by atoms with Crippen molar-refractivity contribution in [3.63, 3.8) is 0 Å². The average Bonchev–Trinajstić information content (AvgIpc) is 3.62. The Balaban J connectivity index is 1.48. The summed E-state index contributed by atoms with van der Waals surface area (Å²) in [5.74, 6) is 1.18. The van der Waals surface area contributed by atoms with E-state index in [1.165, 1.54) is 6.26 Å². The van der Waals surface area contributed by atoms with Crippen LogP contribution in [0.4, 0.5) is 11.6 Å². The number of aromatic nitrogens is 3. The van der Waals surface area contributed by atoms with E-state index >= 15 is 0 Å². The van der Waals surface area contributed by atoms with Crippen LogP contribution < -0.4 is 15.8 Å². The molecule has 1 saturated carbocycles. The number of carbonyl (C=O) groups is 1. The van der Waals surface area contributed by atoms with Crippen molar-refractivity contribution < 1.29 is 22.7 Å². The second-order valence-electron chi connectivity index (χ2n) is 11.1. The monoisotopic (exact) mass is 539 g/mol. The predicted octanol–water partition coefficient (Wildman–Crippen LogP) is 3.75. The Morgan fingerprint density at radius 1 is 1.21 bits per heavy atom. The third-order valence-corrected chi connectivity index (χ3v) is 8.31. The summed E-state index contributed by atoms with van der Waals surface area (Å²) in [5, 5.41) is 4.75. The lowest BCUT2D eigenvalue weighted by molar-refractivity contribution is 0.0183. The van der Waals surface area contributed by atoms with Crippen LogP contribution >= 0.6 is 0 Å². The number of anilines is 2. The Hall–Kier alpha value is -3.31. The zero-order chi connectivity index (χ0) is 27.5. The Bertz CT molecular complexity index is 1530. The first-order valence-electron chi connectivity index (χ1n) is 12.7. The first-order valence-corrected chi connectivity index (χ1v) is 14.7. The summed E-state index contributed by atoms with van der Waals surface area (Å²) in [6, 6.07) is 5.37. The highest BCUT2D eigenvalue weighted by molar-refractivity contribution is 7.90. The molecule has 0 aromatic carbocycles. The van der Waals surface area contributed by atoms with Gasteiger partial charge < -0.3 is 20.5 Å². The van der Waals surface area contributed by atoms with Crippen LogP contribution in [0.3, 0.4) is 0 Å². The molecule has 2 aliphatic rings. The standard InChI is InChI=1S/C27H33N5O5S/c1-15(8-11-38(5,34)35)36-24-19-13-29-22(12-18(19)20(14-30-24)26(3,4)28)31-21-7-6-17-23(32-21)27(9-10-27)16(2)37-25(17)33/h6-7,12-16H,8-11,28H2,1-5H3,(H,29,31,32)/t15-,16-/m1/s1. The fourth-order valence-electron chi connectivity index (χ4n) is 4.93. The van der Waals surface area contributed by atoms with Crippen molar-refractivity contribution >= 4 is 38.2 Å². The molecule has 0 bridgehead atoms. The van der Waals surface area contributed by atoms with Crippen LogP contribution in [0.25, 0.3) is 10.8 Å². The van der Waals surface area contributed by atoms with E-state index in [1.54, 1.807) is 24.5 Å². The minimum atomic E-state index is -3.10. The lowest BCUT2D eigenvalue weighted by Crippen LogP contribution is -2.36. The quantitative estimate of drug-likeness (QED) is 0.406. The normalized spacial score (nSPS) is 19.1. The van der Waals surface area contributed by atoms with Crippen LogP contribution in [0.1, 0.15) is 68.6 Å². The van der Waals surface area contributed by atoms with Gasteiger partial charge in [-0.15, -0.1) is 0 Å². The highest BCUT2D eigenvalue weighted by Gasteiger charge is 2.56. The summed E-state index contributed by atoms with van der Waals surface area (Å²) in [5.41, 5.74) is 7.67. The summed E-state index contributed by atoms with van der Waals surface area (Å²) in [7, 11) is -3.10. The number of nitrogens with one attached hydrogen (secondary N) is 1. The molecule has 0 radical (unpaired) electrons. The Labute approximate surface area is 222 Å². The molecule has 5 rings (SSSR count). The van der Waals surface area contributed by atoms with E-state index < -0.39 is 15.4 Å². The molecule has 11 heteroatoms. The second-order valence-corrected chi connectivity index (χ2v) is 13.3. The molecule has 0 unspecified atom stereocenters. The van der Waals surface area contributed by atoms with Gasteiger partial charge in [-0.3, -0.25) is 0 Å². The highest BCUT2D eigenvalue weighted by Crippen LogP contribution is 2.54. The largest absolute Gasteiger partial charge is 0.474 e. The molecule has 38 heavy (non-hydrogen) atoms. The van der Waals surface area contributed by atoms with E-state index in [9.17, 15) is 13.2 Å². The van der Waals surface area contributed by atoms with Gasteiger partial charge in [0.25, 0.3) is 0 Å². The molecule has 10 nitrogen and oxygen atoms in total. The molecule has 3 aromatic rings. The summed E-state index contributed by atoms with van der Waals surface area (Å²) in [6.45, 7) is 7.53. The lowest BCUT2D eigenvalue weighted by Gasteiger charge is -2.30. The average molecular weight is 540 g/mol. The molecule has 0 saturated heterocycles. The van der Waals surface area contributed by atoms with Gasteiger partial charge in [0, 0.05) is 24.2 Å². The fraction of sp³-hybridized carbons (Fsp3) is 0.481. The van der Waals surface area contributed by atoms with Crippen LogP contribution in [0.5, 0.6) is 5.88 Å². The van der Waals surface area contributed by atoms with Gasteiger partial charge in [-0.2, -0.15) is 0 Å². The van der Waals surface area contributed by atoms with Crippen molar-refractivity contribution in [3.05, 3.63) is 47.4 Å². The van der Waals surface area contributed by atoms with Gasteiger partial charge in [-0.05, 0) is 76.1 Å². The highest BCUT2D eigenvalue weighted by atomic mass is 32.2. The maximum absolute atomic E-state index is 12.4. The number of hydrogen-bond donors (Lipinski definition) is 2. The van der Waals surface area contributed by atoms with Gasteiger partial charge in [0.05, 0.1) is 33.9 Å². The minimum Gasteiger partial charge on any atom is -0.474 e. The number of nitrogens with zero attached hydrogens (tertiary/aromatic N) is 3. The molecule has 4 heterocycles. The van der Waals surface area contributed by atoms with Gasteiger partial charge >= 0.3 is 5.97 Å². The van der Waals surface area contributed by atoms with Gasteiger partial charge in [-0.1, -0.05) is 0 Å². The molecule has 1 aliphatic carbocycles. The third kappa shape index (κ3) is 5.04. The van der Waals surface area contributed by atoms with Crippen molar-refractivity contribution in [1.29, 1.82) is 0 Å². The molecular weight excluding hydrogens is 506 g/mol. The number of esters is 1. The number of hydrogen-bond acceptors (Lipinski definition) is 10. The maximum Gasteiger partial charge on any atom is 0.340 e. The SMILES string of the molecule is C[C@H](CCS(C)(=O)=O)Oc1ncc(C(C)(C)N)c2cc(Nc3ccc4c(n3)C3(CC3)[C@@H](C)OC4=O)ncc12. The van der Waals surface area contributed by atoms with Gasteiger partial charge in [0.1, 0.15) is 27.6 Å². The first-order chi connectivity index (χ1) is 17.8. The van der Waals surface area contributed by atoms with Crippen LogP contribution in [-0.4, -0.2) is 53.6 Å². The summed E-state index contributed by atoms with van der Waals surface area (Å²) in [4.78, 5) is 26.3. The van der Waals surface area contributed by atoms with Gasteiger partial charge in [0.15, 0.2) is 0 Å². The molecular formula is C27H33N5O5S. The minimum absolute atomic E-state index is 0.0257. The number of pyridine rings is 3. The van der Waals surface area contributed by atoms with E-state index in [2.05, 4.69) is 15.3 Å². The number of nitrogens with two attached hydrogens (primary N) is 1. The van der Waals surface area contributed by atoms with Crippen LogP contribution in [-0.2, 0) is 25.5 Å². The number of ether oxygens (including phenoxy) is 2. The van der Waals surface area contributed by atoms with Crippen molar-refractivity contribution in [2.45, 2.75) is 70.1 Å². The summed E-state index contributed by atoms with van der Waals surface area (Å²) < 4.78 is 34.7. The number of fused-ring (bicyclic) bond motifs is 3. The summed E-state index contributed by atoms with van der Waals surface area (Å²) in [6.07, 6.45) is 6.21. The molecule has 3 N–H and O–H groups in total. The van der Waals surface area contributed by atoms with E-state index in [4.69, 9.17) is 20.2 Å². The molecule has 2 atom stereocenters. The number of rotatable bonds is 8. The fourth-order valence-corrected chi connectivity index (χ4v) is 5.69. The zero-order valence-corrected chi connectivity index (χ0v) is 23.1. The van der Waals surface area contributed by atoms with Gasteiger partial charge in [-0.25, -0.2) is 28.2 Å². The van der Waals surface area contributed by atoms with E-state index in [1.807, 2.05) is 33.8 Å². The topological polar surface area (TPSA) is 146 Å². The van der Waals surface area contributed by atoms with Crippen LogP contribution in [0.15, 0.2) is 30.6 Å². The number of cyclic esters (lactones) is 1. The maximum atomic E-state index is 12.4. The van der Waals surface area contributed by atoms with E-state index in [0.717, 1.165) is 29.5 Å². The Morgan fingerprint density at radius 3 is 2.61 bits per heavy atom. The second kappa shape index (κ2) is 9.16. The van der Waals surface area contributed by atoms with Gasteiger partial charge in [0.2, 0.25) is 5.88 Å². The van der Waals surface area contributed by atoms with E-state index in [-0.39, 0.29) is 29.3 Å². The third-order valence-electron chi connectivity index (χ3n) is 7.33. The van der Waals surface area contributed by atoms with Crippen LogP contribution in [0, 0.1) is 0 Å². The molecule has 202 valence electrons. The lowest BCUT2D eigenvalue weighted by atomic mass is 9.89.